The Morgan fingerprint density at radius 1 is 1.25 bits per heavy atom. The van der Waals surface area contributed by atoms with Crippen molar-refractivity contribution in [1.29, 1.82) is 0 Å². The number of hydrogen-bond donors (Lipinski definition) is 2. The average Bonchev–Trinajstić information content (AvgIpc) is 2.82. The fraction of sp³-hybridized carbons (Fsp3) is 0.167. The van der Waals surface area contributed by atoms with E-state index >= 15 is 0 Å². The Hall–Kier alpha value is -1.03. The fourth-order valence-electron chi connectivity index (χ4n) is 1.48. The Bertz CT molecular complexity index is 425. The van der Waals surface area contributed by atoms with Crippen LogP contribution in [0.5, 0.6) is 0 Å². The second kappa shape index (κ2) is 5.34. The van der Waals surface area contributed by atoms with Crippen LogP contribution in [0.2, 0.25) is 5.02 Å². The summed E-state index contributed by atoms with van der Waals surface area (Å²) in [7, 11) is 0. The quantitative estimate of drug-likeness (QED) is 0.874. The van der Waals surface area contributed by atoms with Crippen LogP contribution < -0.4 is 11.1 Å². The van der Waals surface area contributed by atoms with Crippen LogP contribution in [0.3, 0.4) is 0 Å². The molecule has 0 saturated carbocycles. The van der Waals surface area contributed by atoms with Crippen molar-refractivity contribution in [3.8, 4) is 0 Å². The second-order valence-electron chi connectivity index (χ2n) is 3.45. The van der Waals surface area contributed by atoms with E-state index in [0.29, 0.717) is 6.54 Å². The summed E-state index contributed by atoms with van der Waals surface area (Å²) in [6.45, 7) is 0.573. The monoisotopic (exact) mass is 252 g/mol. The molecule has 2 rings (SSSR count). The van der Waals surface area contributed by atoms with Gasteiger partial charge in [-0.1, -0.05) is 17.7 Å². The minimum atomic E-state index is 0.168. The van der Waals surface area contributed by atoms with Gasteiger partial charge in [0.1, 0.15) is 0 Å². The Labute approximate surface area is 104 Å². The zero-order valence-electron chi connectivity index (χ0n) is 8.69. The van der Waals surface area contributed by atoms with Crippen molar-refractivity contribution >= 4 is 28.6 Å². The number of hydrogen-bond acceptors (Lipinski definition) is 3. The number of nitrogens with one attached hydrogen (secondary N) is 1. The van der Waals surface area contributed by atoms with E-state index in [9.17, 15) is 0 Å². The van der Waals surface area contributed by atoms with Crippen LogP contribution in [0.4, 0.5) is 5.69 Å². The van der Waals surface area contributed by atoms with Crippen LogP contribution in [-0.2, 0) is 0 Å². The lowest BCUT2D eigenvalue weighted by atomic mass is 10.2. The van der Waals surface area contributed by atoms with Gasteiger partial charge in [-0.25, -0.2) is 0 Å². The first-order valence-corrected chi connectivity index (χ1v) is 6.31. The van der Waals surface area contributed by atoms with Gasteiger partial charge in [-0.05, 0) is 35.7 Å². The number of thiophene rings is 1. The molecule has 2 nitrogen and oxygen atoms in total. The predicted molar refractivity (Wildman–Crippen MR) is 71.2 cm³/mol. The Kier molecular flexibility index (Phi) is 3.83. The lowest BCUT2D eigenvalue weighted by Gasteiger charge is -2.16. The molecule has 1 aromatic carbocycles. The number of benzene rings is 1. The molecule has 0 bridgehead atoms. The molecular weight excluding hydrogens is 240 g/mol. The molecule has 1 atom stereocenters. The molecule has 0 saturated heterocycles. The molecule has 0 radical (unpaired) electrons. The third-order valence-corrected chi connectivity index (χ3v) is 3.55. The van der Waals surface area contributed by atoms with Crippen LogP contribution in [0.25, 0.3) is 0 Å². The Morgan fingerprint density at radius 3 is 2.56 bits per heavy atom. The van der Waals surface area contributed by atoms with Crippen molar-refractivity contribution in [2.24, 2.45) is 5.73 Å². The maximum Gasteiger partial charge on any atom is 0.0728 e. The highest BCUT2D eigenvalue weighted by atomic mass is 35.5. The average molecular weight is 253 g/mol. The summed E-state index contributed by atoms with van der Waals surface area (Å²) < 4.78 is 0. The molecule has 16 heavy (non-hydrogen) atoms. The topological polar surface area (TPSA) is 38.0 Å². The van der Waals surface area contributed by atoms with Gasteiger partial charge in [0, 0.05) is 22.1 Å². The fourth-order valence-corrected chi connectivity index (χ4v) is 2.40. The van der Waals surface area contributed by atoms with E-state index in [1.807, 2.05) is 30.3 Å². The minimum absolute atomic E-state index is 0.168. The van der Waals surface area contributed by atoms with Crippen molar-refractivity contribution in [3.05, 3.63) is 51.7 Å². The maximum absolute atomic E-state index is 5.83. The van der Waals surface area contributed by atoms with Crippen LogP contribution in [0.1, 0.15) is 10.9 Å². The highest BCUT2D eigenvalue weighted by Gasteiger charge is 2.09. The summed E-state index contributed by atoms with van der Waals surface area (Å²) in [5.74, 6) is 0. The zero-order chi connectivity index (χ0) is 11.4. The van der Waals surface area contributed by atoms with Crippen molar-refractivity contribution in [3.63, 3.8) is 0 Å². The number of anilines is 1. The predicted octanol–water partition coefficient (Wildman–Crippen LogP) is 3.51. The van der Waals surface area contributed by atoms with E-state index in [0.717, 1.165) is 10.7 Å². The molecule has 1 heterocycles. The standard InChI is InChI=1S/C12H13ClN2S/c13-9-3-5-10(6-4-9)15-11(8-14)12-2-1-7-16-12/h1-7,11,15H,8,14H2. The number of halogens is 1. The van der Waals surface area contributed by atoms with Crippen molar-refractivity contribution < 1.29 is 0 Å². The summed E-state index contributed by atoms with van der Waals surface area (Å²) in [6, 6.07) is 11.9. The van der Waals surface area contributed by atoms with Gasteiger partial charge in [0.15, 0.2) is 0 Å². The lowest BCUT2D eigenvalue weighted by molar-refractivity contribution is 0.806. The first-order valence-electron chi connectivity index (χ1n) is 5.05. The largest absolute Gasteiger partial charge is 0.376 e. The third kappa shape index (κ3) is 2.76. The smallest absolute Gasteiger partial charge is 0.0728 e. The van der Waals surface area contributed by atoms with Crippen LogP contribution >= 0.6 is 22.9 Å². The third-order valence-electron chi connectivity index (χ3n) is 2.31. The lowest BCUT2D eigenvalue weighted by Crippen LogP contribution is -2.19. The summed E-state index contributed by atoms with van der Waals surface area (Å²) in [5.41, 5.74) is 6.80. The van der Waals surface area contributed by atoms with E-state index in [2.05, 4.69) is 16.8 Å². The summed E-state index contributed by atoms with van der Waals surface area (Å²) >= 11 is 7.54. The highest BCUT2D eigenvalue weighted by molar-refractivity contribution is 7.10. The molecule has 0 aliphatic heterocycles. The van der Waals surface area contributed by atoms with Gasteiger partial charge < -0.3 is 11.1 Å². The molecule has 0 fully saturated rings. The normalized spacial score (nSPS) is 12.4. The SMILES string of the molecule is NCC(Nc1ccc(Cl)cc1)c1cccs1. The van der Waals surface area contributed by atoms with Gasteiger partial charge in [-0.15, -0.1) is 11.3 Å². The zero-order valence-corrected chi connectivity index (χ0v) is 10.3. The molecule has 1 unspecified atom stereocenters. The summed E-state index contributed by atoms with van der Waals surface area (Å²) in [5, 5.41) is 6.18. The number of nitrogens with two attached hydrogens (primary N) is 1. The molecule has 0 amide bonds. The molecule has 2 aromatic rings. The van der Waals surface area contributed by atoms with Gasteiger partial charge in [0.25, 0.3) is 0 Å². The molecule has 1 aromatic heterocycles. The molecule has 0 spiro atoms. The van der Waals surface area contributed by atoms with Crippen LogP contribution in [0.15, 0.2) is 41.8 Å². The molecule has 4 heteroatoms. The van der Waals surface area contributed by atoms with Gasteiger partial charge >= 0.3 is 0 Å². The number of rotatable bonds is 4. The molecule has 84 valence electrons. The molecular formula is C12H13ClN2S. The molecule has 3 N–H and O–H groups in total. The minimum Gasteiger partial charge on any atom is -0.376 e. The van der Waals surface area contributed by atoms with Crippen LogP contribution in [0, 0.1) is 0 Å². The van der Waals surface area contributed by atoms with Gasteiger partial charge in [0.2, 0.25) is 0 Å². The van der Waals surface area contributed by atoms with E-state index in [-0.39, 0.29) is 6.04 Å². The van der Waals surface area contributed by atoms with E-state index < -0.39 is 0 Å². The molecule has 0 aliphatic rings. The summed E-state index contributed by atoms with van der Waals surface area (Å²) in [6.07, 6.45) is 0. The van der Waals surface area contributed by atoms with Crippen molar-refractivity contribution in [1.82, 2.24) is 0 Å². The first-order chi connectivity index (χ1) is 7.79. The van der Waals surface area contributed by atoms with E-state index in [4.69, 9.17) is 17.3 Å². The first kappa shape index (κ1) is 11.5. The second-order valence-corrected chi connectivity index (χ2v) is 4.87. The van der Waals surface area contributed by atoms with Crippen molar-refractivity contribution in [2.45, 2.75) is 6.04 Å². The Morgan fingerprint density at radius 2 is 2.00 bits per heavy atom. The summed E-state index contributed by atoms with van der Waals surface area (Å²) in [4.78, 5) is 1.25. The van der Waals surface area contributed by atoms with Crippen LogP contribution in [-0.4, -0.2) is 6.54 Å². The highest BCUT2D eigenvalue weighted by Crippen LogP contribution is 2.23. The van der Waals surface area contributed by atoms with Gasteiger partial charge in [-0.3, -0.25) is 0 Å². The van der Waals surface area contributed by atoms with Gasteiger partial charge in [0.05, 0.1) is 6.04 Å². The Balaban J connectivity index is 2.10. The van der Waals surface area contributed by atoms with E-state index in [1.54, 1.807) is 11.3 Å². The maximum atomic E-state index is 5.83. The van der Waals surface area contributed by atoms with Gasteiger partial charge in [-0.2, -0.15) is 0 Å². The van der Waals surface area contributed by atoms with Crippen molar-refractivity contribution in [2.75, 3.05) is 11.9 Å². The molecule has 0 aliphatic carbocycles. The van der Waals surface area contributed by atoms with E-state index in [1.165, 1.54) is 4.88 Å².